The summed E-state index contributed by atoms with van der Waals surface area (Å²) in [7, 11) is 0. The third-order valence-electron chi connectivity index (χ3n) is 4.03. The van der Waals surface area contributed by atoms with Crippen LogP contribution in [0.1, 0.15) is 35.2 Å². The standard InChI is InChI=1S/C19H26N2/c1-5-21(17-10-7-14(2)8-11-17)13-19(20)18-12-15(3)6-9-16(18)4/h6-12,19H,5,13,20H2,1-4H3. The lowest BCUT2D eigenvalue weighted by Gasteiger charge is -2.27. The van der Waals surface area contributed by atoms with E-state index < -0.39 is 0 Å². The van der Waals surface area contributed by atoms with Gasteiger partial charge in [-0.15, -0.1) is 0 Å². The van der Waals surface area contributed by atoms with Crippen molar-refractivity contribution in [1.29, 1.82) is 0 Å². The zero-order valence-corrected chi connectivity index (χ0v) is 13.6. The molecule has 0 aromatic heterocycles. The summed E-state index contributed by atoms with van der Waals surface area (Å²) in [4.78, 5) is 2.34. The van der Waals surface area contributed by atoms with Crippen LogP contribution in [-0.2, 0) is 0 Å². The largest absolute Gasteiger partial charge is 0.370 e. The Hall–Kier alpha value is -1.80. The Morgan fingerprint density at radius 3 is 2.19 bits per heavy atom. The fourth-order valence-corrected chi connectivity index (χ4v) is 2.67. The molecule has 2 heteroatoms. The van der Waals surface area contributed by atoms with Crippen LogP contribution in [0.2, 0.25) is 0 Å². The second-order valence-electron chi connectivity index (χ2n) is 5.84. The Morgan fingerprint density at radius 2 is 1.57 bits per heavy atom. The van der Waals surface area contributed by atoms with Gasteiger partial charge in [-0.1, -0.05) is 41.5 Å². The first-order chi connectivity index (χ1) is 10.0. The van der Waals surface area contributed by atoms with Crippen LogP contribution in [0, 0.1) is 20.8 Å². The Kier molecular flexibility index (Phi) is 5.03. The van der Waals surface area contributed by atoms with E-state index in [1.807, 2.05) is 0 Å². The van der Waals surface area contributed by atoms with Crippen molar-refractivity contribution in [3.8, 4) is 0 Å². The summed E-state index contributed by atoms with van der Waals surface area (Å²) in [6, 6.07) is 15.2. The molecule has 112 valence electrons. The molecule has 0 saturated heterocycles. The van der Waals surface area contributed by atoms with Crippen molar-refractivity contribution < 1.29 is 0 Å². The van der Waals surface area contributed by atoms with E-state index >= 15 is 0 Å². The summed E-state index contributed by atoms with van der Waals surface area (Å²) >= 11 is 0. The average Bonchev–Trinajstić information content (AvgIpc) is 2.48. The molecule has 2 N–H and O–H groups in total. The van der Waals surface area contributed by atoms with Crippen LogP contribution in [0.15, 0.2) is 42.5 Å². The van der Waals surface area contributed by atoms with Gasteiger partial charge in [0.15, 0.2) is 0 Å². The SMILES string of the molecule is CCN(CC(N)c1cc(C)ccc1C)c1ccc(C)cc1. The molecular weight excluding hydrogens is 256 g/mol. The van der Waals surface area contributed by atoms with E-state index in [0.29, 0.717) is 0 Å². The summed E-state index contributed by atoms with van der Waals surface area (Å²) in [6.45, 7) is 10.3. The third kappa shape index (κ3) is 3.85. The average molecular weight is 282 g/mol. The number of benzene rings is 2. The van der Waals surface area contributed by atoms with Crippen LogP contribution >= 0.6 is 0 Å². The topological polar surface area (TPSA) is 29.3 Å². The first kappa shape index (κ1) is 15.6. The molecule has 2 aromatic carbocycles. The number of nitrogens with zero attached hydrogens (tertiary/aromatic N) is 1. The molecule has 0 heterocycles. The van der Waals surface area contributed by atoms with Gasteiger partial charge in [-0.2, -0.15) is 0 Å². The second-order valence-corrected chi connectivity index (χ2v) is 5.84. The van der Waals surface area contributed by atoms with Crippen LogP contribution in [0.25, 0.3) is 0 Å². The minimum Gasteiger partial charge on any atom is -0.370 e. The fourth-order valence-electron chi connectivity index (χ4n) is 2.67. The lowest BCUT2D eigenvalue weighted by atomic mass is 9.99. The Balaban J connectivity index is 2.17. The van der Waals surface area contributed by atoms with Gasteiger partial charge < -0.3 is 10.6 Å². The third-order valence-corrected chi connectivity index (χ3v) is 4.03. The highest BCUT2D eigenvalue weighted by molar-refractivity contribution is 5.48. The van der Waals surface area contributed by atoms with Crippen molar-refractivity contribution in [2.75, 3.05) is 18.0 Å². The highest BCUT2D eigenvalue weighted by Crippen LogP contribution is 2.22. The molecule has 2 aromatic rings. The minimum absolute atomic E-state index is 0.0335. The Bertz CT molecular complexity index is 587. The predicted molar refractivity (Wildman–Crippen MR) is 91.9 cm³/mol. The number of nitrogens with two attached hydrogens (primary N) is 1. The van der Waals surface area contributed by atoms with Gasteiger partial charge in [-0.3, -0.25) is 0 Å². The molecule has 0 bridgehead atoms. The summed E-state index contributed by atoms with van der Waals surface area (Å²) in [5.74, 6) is 0. The van der Waals surface area contributed by atoms with Crippen molar-refractivity contribution >= 4 is 5.69 Å². The van der Waals surface area contributed by atoms with Crippen molar-refractivity contribution in [2.45, 2.75) is 33.7 Å². The number of hydrogen-bond donors (Lipinski definition) is 1. The van der Waals surface area contributed by atoms with E-state index in [4.69, 9.17) is 5.73 Å². The van der Waals surface area contributed by atoms with Crippen LogP contribution in [0.3, 0.4) is 0 Å². The maximum atomic E-state index is 6.47. The van der Waals surface area contributed by atoms with Gasteiger partial charge in [0.1, 0.15) is 0 Å². The Labute approximate surface area is 128 Å². The fraction of sp³-hybridized carbons (Fsp3) is 0.368. The lowest BCUT2D eigenvalue weighted by molar-refractivity contribution is 0.673. The Morgan fingerprint density at radius 1 is 0.952 bits per heavy atom. The van der Waals surface area contributed by atoms with E-state index in [1.165, 1.54) is 27.9 Å². The van der Waals surface area contributed by atoms with Gasteiger partial charge in [0.05, 0.1) is 0 Å². The molecule has 0 radical (unpaired) electrons. The molecule has 0 aliphatic rings. The molecule has 0 aliphatic carbocycles. The predicted octanol–water partition coefficient (Wildman–Crippen LogP) is 4.14. The van der Waals surface area contributed by atoms with Crippen molar-refractivity contribution in [3.05, 3.63) is 64.7 Å². The van der Waals surface area contributed by atoms with Crippen LogP contribution in [0.4, 0.5) is 5.69 Å². The van der Waals surface area contributed by atoms with Gasteiger partial charge in [-0.25, -0.2) is 0 Å². The smallest absolute Gasteiger partial charge is 0.0475 e. The molecule has 0 amide bonds. The maximum Gasteiger partial charge on any atom is 0.0475 e. The van der Waals surface area contributed by atoms with Gasteiger partial charge in [0.2, 0.25) is 0 Å². The first-order valence-electron chi connectivity index (χ1n) is 7.65. The van der Waals surface area contributed by atoms with Crippen molar-refractivity contribution in [1.82, 2.24) is 0 Å². The van der Waals surface area contributed by atoms with E-state index in [0.717, 1.165) is 13.1 Å². The minimum atomic E-state index is 0.0335. The zero-order chi connectivity index (χ0) is 15.4. The number of rotatable bonds is 5. The zero-order valence-electron chi connectivity index (χ0n) is 13.6. The second kappa shape index (κ2) is 6.77. The van der Waals surface area contributed by atoms with Crippen LogP contribution in [-0.4, -0.2) is 13.1 Å². The molecule has 21 heavy (non-hydrogen) atoms. The maximum absolute atomic E-state index is 6.47. The highest BCUT2D eigenvalue weighted by Gasteiger charge is 2.14. The molecule has 0 spiro atoms. The lowest BCUT2D eigenvalue weighted by Crippen LogP contribution is -2.32. The van der Waals surface area contributed by atoms with Crippen molar-refractivity contribution in [2.24, 2.45) is 5.73 Å². The van der Waals surface area contributed by atoms with Crippen molar-refractivity contribution in [3.63, 3.8) is 0 Å². The number of anilines is 1. The van der Waals surface area contributed by atoms with E-state index in [1.54, 1.807) is 0 Å². The molecule has 0 saturated carbocycles. The number of hydrogen-bond acceptors (Lipinski definition) is 2. The molecule has 1 atom stereocenters. The normalized spacial score (nSPS) is 12.2. The van der Waals surface area contributed by atoms with E-state index in [2.05, 4.69) is 75.1 Å². The molecule has 0 aliphatic heterocycles. The summed E-state index contributed by atoms with van der Waals surface area (Å²) in [5.41, 5.74) is 12.8. The van der Waals surface area contributed by atoms with Gasteiger partial charge >= 0.3 is 0 Å². The molecule has 2 nitrogen and oxygen atoms in total. The molecular formula is C19H26N2. The monoisotopic (exact) mass is 282 g/mol. The van der Waals surface area contributed by atoms with E-state index in [9.17, 15) is 0 Å². The molecule has 0 fully saturated rings. The van der Waals surface area contributed by atoms with Gasteiger partial charge in [0, 0.05) is 24.8 Å². The molecule has 1 unspecified atom stereocenters. The van der Waals surface area contributed by atoms with E-state index in [-0.39, 0.29) is 6.04 Å². The van der Waals surface area contributed by atoms with Gasteiger partial charge in [-0.05, 0) is 51.0 Å². The summed E-state index contributed by atoms with van der Waals surface area (Å²) in [6.07, 6.45) is 0. The summed E-state index contributed by atoms with van der Waals surface area (Å²) < 4.78 is 0. The highest BCUT2D eigenvalue weighted by atomic mass is 15.1. The summed E-state index contributed by atoms with van der Waals surface area (Å²) in [5, 5.41) is 0. The first-order valence-corrected chi connectivity index (χ1v) is 7.65. The van der Waals surface area contributed by atoms with Gasteiger partial charge in [0.25, 0.3) is 0 Å². The van der Waals surface area contributed by atoms with Crippen LogP contribution < -0.4 is 10.6 Å². The quantitative estimate of drug-likeness (QED) is 0.893. The van der Waals surface area contributed by atoms with Crippen LogP contribution in [0.5, 0.6) is 0 Å². The number of likely N-dealkylation sites (N-methyl/N-ethyl adjacent to an activating group) is 1. The number of aryl methyl sites for hydroxylation is 3. The molecule has 2 rings (SSSR count).